The van der Waals surface area contributed by atoms with Gasteiger partial charge in [0.1, 0.15) is 12.0 Å². The van der Waals surface area contributed by atoms with Crippen LogP contribution in [0.3, 0.4) is 0 Å². The van der Waals surface area contributed by atoms with Gasteiger partial charge in [0, 0.05) is 17.9 Å². The summed E-state index contributed by atoms with van der Waals surface area (Å²) in [6, 6.07) is 1.80. The van der Waals surface area contributed by atoms with Crippen LogP contribution in [0.2, 0.25) is 0 Å². The first-order valence-electron chi connectivity index (χ1n) is 5.56. The number of halogens is 1. The third-order valence-electron chi connectivity index (χ3n) is 3.07. The molecule has 1 aliphatic rings. The minimum absolute atomic E-state index is 0.0862. The molecule has 1 aliphatic heterocycles. The second-order valence-corrected chi connectivity index (χ2v) is 5.66. The summed E-state index contributed by atoms with van der Waals surface area (Å²) >= 11 is 3.63. The summed E-state index contributed by atoms with van der Waals surface area (Å²) in [5.74, 6) is 1.38. The number of alkyl halides is 1. The van der Waals surface area contributed by atoms with Gasteiger partial charge >= 0.3 is 0 Å². The zero-order valence-electron chi connectivity index (χ0n) is 9.57. The minimum atomic E-state index is 0.0862. The molecule has 1 saturated heterocycles. The number of carbonyl (C=O) groups is 1. The molecule has 2 rings (SSSR count). The maximum atomic E-state index is 12.1. The molecule has 4 heteroatoms. The van der Waals surface area contributed by atoms with E-state index >= 15 is 0 Å². The van der Waals surface area contributed by atoms with Gasteiger partial charge in [-0.1, -0.05) is 22.9 Å². The molecule has 0 bridgehead atoms. The summed E-state index contributed by atoms with van der Waals surface area (Å²) in [5.41, 5.74) is 0.665. The number of rotatable bonds is 1. The number of carbonyl (C=O) groups excluding carboxylic acids is 1. The molecule has 3 nitrogen and oxygen atoms in total. The normalized spacial score (nSPS) is 25.8. The molecule has 0 radical (unpaired) electrons. The van der Waals surface area contributed by atoms with Crippen molar-refractivity contribution in [2.75, 3.05) is 13.1 Å². The van der Waals surface area contributed by atoms with Crippen molar-refractivity contribution in [3.8, 4) is 0 Å². The first-order valence-corrected chi connectivity index (χ1v) is 6.48. The molecule has 88 valence electrons. The zero-order valence-corrected chi connectivity index (χ0v) is 11.2. The van der Waals surface area contributed by atoms with E-state index in [2.05, 4.69) is 22.9 Å². The molecule has 0 N–H and O–H groups in total. The summed E-state index contributed by atoms with van der Waals surface area (Å²) in [7, 11) is 0. The predicted octanol–water partition coefficient (Wildman–Crippen LogP) is 2.83. The van der Waals surface area contributed by atoms with Crippen LogP contribution in [0.25, 0.3) is 0 Å². The number of hydrogen-bond donors (Lipinski definition) is 0. The lowest BCUT2D eigenvalue weighted by Gasteiger charge is -2.34. The molecule has 2 heterocycles. The molecule has 1 aromatic rings. The second kappa shape index (κ2) is 4.62. The van der Waals surface area contributed by atoms with Crippen molar-refractivity contribution >= 4 is 21.8 Å². The Kier molecular flexibility index (Phi) is 3.38. The van der Waals surface area contributed by atoms with Crippen LogP contribution >= 0.6 is 15.9 Å². The van der Waals surface area contributed by atoms with Crippen LogP contribution in [0.1, 0.15) is 29.5 Å². The molecule has 1 aromatic heterocycles. The van der Waals surface area contributed by atoms with Crippen molar-refractivity contribution in [1.29, 1.82) is 0 Å². The molecule has 16 heavy (non-hydrogen) atoms. The fraction of sp³-hybridized carbons (Fsp3) is 0.583. The number of hydrogen-bond acceptors (Lipinski definition) is 2. The fourth-order valence-electron chi connectivity index (χ4n) is 2.04. The highest BCUT2D eigenvalue weighted by Crippen LogP contribution is 2.24. The quantitative estimate of drug-likeness (QED) is 0.744. The van der Waals surface area contributed by atoms with E-state index in [4.69, 9.17) is 4.42 Å². The van der Waals surface area contributed by atoms with Gasteiger partial charge < -0.3 is 9.32 Å². The molecular formula is C12H16BrNO2. The van der Waals surface area contributed by atoms with Crippen LogP contribution in [-0.4, -0.2) is 28.7 Å². The Morgan fingerprint density at radius 1 is 1.62 bits per heavy atom. The second-order valence-electron chi connectivity index (χ2n) is 4.48. The van der Waals surface area contributed by atoms with Crippen molar-refractivity contribution in [2.24, 2.45) is 5.92 Å². The molecule has 0 spiro atoms. The summed E-state index contributed by atoms with van der Waals surface area (Å²) in [6.07, 6.45) is 2.56. The maximum absolute atomic E-state index is 12.1. The van der Waals surface area contributed by atoms with Crippen molar-refractivity contribution in [3.05, 3.63) is 23.7 Å². The number of amides is 1. The summed E-state index contributed by atoms with van der Waals surface area (Å²) in [5, 5.41) is 0. The summed E-state index contributed by atoms with van der Waals surface area (Å²) < 4.78 is 5.17. The highest BCUT2D eigenvalue weighted by atomic mass is 79.9. The molecule has 1 fully saturated rings. The first-order chi connectivity index (χ1) is 7.58. The van der Waals surface area contributed by atoms with E-state index in [0.29, 0.717) is 16.3 Å². The number of furan rings is 1. The van der Waals surface area contributed by atoms with Crippen LogP contribution in [0, 0.1) is 12.8 Å². The standard InChI is InChI=1S/C12H16BrNO2/c1-8-6-14(4-3-11(8)13)12(15)10-5-9(2)16-7-10/h5,7-8,11H,3-4,6H2,1-2H3. The fourth-order valence-corrected chi connectivity index (χ4v) is 2.41. The predicted molar refractivity (Wildman–Crippen MR) is 65.8 cm³/mol. The average Bonchev–Trinajstić information content (AvgIpc) is 2.68. The largest absolute Gasteiger partial charge is 0.469 e. The van der Waals surface area contributed by atoms with Gasteiger partial charge in [-0.3, -0.25) is 4.79 Å². The Bertz CT molecular complexity index is 388. The van der Waals surface area contributed by atoms with Crippen LogP contribution in [-0.2, 0) is 0 Å². The van der Waals surface area contributed by atoms with E-state index in [1.54, 1.807) is 12.3 Å². The third kappa shape index (κ3) is 2.32. The highest BCUT2D eigenvalue weighted by molar-refractivity contribution is 9.09. The summed E-state index contributed by atoms with van der Waals surface area (Å²) in [6.45, 7) is 5.66. The monoisotopic (exact) mass is 285 g/mol. The van der Waals surface area contributed by atoms with Crippen LogP contribution in [0.5, 0.6) is 0 Å². The zero-order chi connectivity index (χ0) is 11.7. The topological polar surface area (TPSA) is 33.5 Å². The van der Waals surface area contributed by atoms with E-state index < -0.39 is 0 Å². The number of aryl methyl sites for hydroxylation is 1. The summed E-state index contributed by atoms with van der Waals surface area (Å²) in [4.78, 5) is 14.6. The smallest absolute Gasteiger partial charge is 0.257 e. The van der Waals surface area contributed by atoms with Gasteiger partial charge in [0.05, 0.1) is 5.56 Å². The number of nitrogens with zero attached hydrogens (tertiary/aromatic N) is 1. The first kappa shape index (κ1) is 11.7. The Balaban J connectivity index is 2.06. The van der Waals surface area contributed by atoms with E-state index in [1.165, 1.54) is 0 Å². The molecule has 0 aliphatic carbocycles. The Hall–Kier alpha value is -0.770. The molecule has 1 amide bonds. The van der Waals surface area contributed by atoms with Gasteiger partial charge in [-0.25, -0.2) is 0 Å². The van der Waals surface area contributed by atoms with E-state index in [1.807, 2.05) is 11.8 Å². The lowest BCUT2D eigenvalue weighted by atomic mass is 9.99. The highest BCUT2D eigenvalue weighted by Gasteiger charge is 2.27. The number of likely N-dealkylation sites (tertiary alicyclic amines) is 1. The van der Waals surface area contributed by atoms with Crippen molar-refractivity contribution in [2.45, 2.75) is 25.1 Å². The maximum Gasteiger partial charge on any atom is 0.257 e. The molecule has 0 saturated carbocycles. The van der Waals surface area contributed by atoms with Crippen molar-refractivity contribution in [3.63, 3.8) is 0 Å². The average molecular weight is 286 g/mol. The van der Waals surface area contributed by atoms with Gasteiger partial charge in [0.15, 0.2) is 0 Å². The van der Waals surface area contributed by atoms with Gasteiger partial charge in [-0.05, 0) is 25.3 Å². The van der Waals surface area contributed by atoms with E-state index in [9.17, 15) is 4.79 Å². The van der Waals surface area contributed by atoms with Gasteiger partial charge in [-0.2, -0.15) is 0 Å². The lowest BCUT2D eigenvalue weighted by molar-refractivity contribution is 0.0690. The van der Waals surface area contributed by atoms with Crippen LogP contribution < -0.4 is 0 Å². The lowest BCUT2D eigenvalue weighted by Crippen LogP contribution is -2.43. The Labute approximate surface area is 104 Å². The SMILES string of the molecule is Cc1cc(C(=O)N2CCC(Br)C(C)C2)co1. The Morgan fingerprint density at radius 2 is 2.38 bits per heavy atom. The molecule has 2 unspecified atom stereocenters. The minimum Gasteiger partial charge on any atom is -0.469 e. The molecular weight excluding hydrogens is 270 g/mol. The Morgan fingerprint density at radius 3 is 2.94 bits per heavy atom. The van der Waals surface area contributed by atoms with Crippen LogP contribution in [0.4, 0.5) is 0 Å². The van der Waals surface area contributed by atoms with Gasteiger partial charge in [0.25, 0.3) is 5.91 Å². The number of piperidine rings is 1. The van der Waals surface area contributed by atoms with Gasteiger partial charge in [0.2, 0.25) is 0 Å². The van der Waals surface area contributed by atoms with Crippen molar-refractivity contribution in [1.82, 2.24) is 4.90 Å². The molecule has 0 aromatic carbocycles. The third-order valence-corrected chi connectivity index (χ3v) is 4.43. The van der Waals surface area contributed by atoms with E-state index in [0.717, 1.165) is 25.3 Å². The van der Waals surface area contributed by atoms with Crippen LogP contribution in [0.15, 0.2) is 16.7 Å². The molecule has 2 atom stereocenters. The van der Waals surface area contributed by atoms with Gasteiger partial charge in [-0.15, -0.1) is 0 Å². The van der Waals surface area contributed by atoms with Crippen molar-refractivity contribution < 1.29 is 9.21 Å². The van der Waals surface area contributed by atoms with E-state index in [-0.39, 0.29) is 5.91 Å².